The van der Waals surface area contributed by atoms with Gasteiger partial charge in [0.05, 0.1) is 23.8 Å². The predicted molar refractivity (Wildman–Crippen MR) is 121 cm³/mol. The average molecular weight is 445 g/mol. The van der Waals surface area contributed by atoms with Gasteiger partial charge in [-0.3, -0.25) is 0 Å². The van der Waals surface area contributed by atoms with Crippen molar-refractivity contribution in [3.63, 3.8) is 0 Å². The van der Waals surface area contributed by atoms with Crippen molar-refractivity contribution < 1.29 is 13.9 Å². The number of rotatable bonds is 6. The molecule has 1 saturated carbocycles. The Morgan fingerprint density at radius 3 is 2.52 bits per heavy atom. The predicted octanol–water partition coefficient (Wildman–Crippen LogP) is 5.43. The van der Waals surface area contributed by atoms with Crippen LogP contribution in [0.25, 0.3) is 10.9 Å². The zero-order valence-electron chi connectivity index (χ0n) is 17.9. The number of anilines is 2. The van der Waals surface area contributed by atoms with E-state index in [-0.39, 0.29) is 11.1 Å². The SMILES string of the molecule is COc1cc2ncnc(Nc3ccc(F)c(Cl)c3)c2cc1O[C@H]1CC[C@@H](N(C)C)CC1. The second-order valence-electron chi connectivity index (χ2n) is 8.01. The Morgan fingerprint density at radius 1 is 1.06 bits per heavy atom. The fraction of sp³-hybridized carbons (Fsp3) is 0.391. The highest BCUT2D eigenvalue weighted by atomic mass is 35.5. The molecule has 6 nitrogen and oxygen atoms in total. The van der Waals surface area contributed by atoms with E-state index in [9.17, 15) is 4.39 Å². The monoisotopic (exact) mass is 444 g/mol. The standard InChI is InChI=1S/C23H26ClFN4O2/c1-29(2)15-5-7-16(8-6-15)31-22-11-17-20(12-21(22)30-3)26-13-27-23(17)28-14-4-9-19(25)18(24)10-14/h4,9-13,15-16H,5-8H2,1-3H3,(H,26,27,28)/t15-,16+. The number of methoxy groups -OCH3 is 1. The van der Waals surface area contributed by atoms with Gasteiger partial charge in [-0.1, -0.05) is 11.6 Å². The summed E-state index contributed by atoms with van der Waals surface area (Å²) >= 11 is 5.91. The van der Waals surface area contributed by atoms with Gasteiger partial charge in [0.2, 0.25) is 0 Å². The van der Waals surface area contributed by atoms with Crippen LogP contribution in [0.3, 0.4) is 0 Å². The molecule has 1 aliphatic carbocycles. The second kappa shape index (κ2) is 9.24. The molecular weight excluding hydrogens is 419 g/mol. The first kappa shape index (κ1) is 21.6. The lowest BCUT2D eigenvalue weighted by molar-refractivity contribution is 0.108. The molecule has 0 aliphatic heterocycles. The first-order valence-electron chi connectivity index (χ1n) is 10.3. The number of hydrogen-bond acceptors (Lipinski definition) is 6. The summed E-state index contributed by atoms with van der Waals surface area (Å²) in [5.74, 6) is 1.41. The van der Waals surface area contributed by atoms with E-state index in [0.717, 1.165) is 31.1 Å². The molecule has 1 N–H and O–H groups in total. The third kappa shape index (κ3) is 4.83. The first-order valence-corrected chi connectivity index (χ1v) is 10.7. The largest absolute Gasteiger partial charge is 0.493 e. The fourth-order valence-electron chi connectivity index (χ4n) is 3.98. The van der Waals surface area contributed by atoms with Crippen molar-refractivity contribution in [3.05, 3.63) is 47.5 Å². The highest BCUT2D eigenvalue weighted by molar-refractivity contribution is 6.31. The Labute approximate surface area is 186 Å². The normalized spacial score (nSPS) is 18.9. The van der Waals surface area contributed by atoms with Gasteiger partial charge in [0.1, 0.15) is 18.0 Å². The summed E-state index contributed by atoms with van der Waals surface area (Å²) in [4.78, 5) is 11.0. The molecule has 0 atom stereocenters. The highest BCUT2D eigenvalue weighted by Crippen LogP contribution is 2.37. The van der Waals surface area contributed by atoms with Crippen LogP contribution in [0.2, 0.25) is 5.02 Å². The van der Waals surface area contributed by atoms with E-state index in [2.05, 4.69) is 34.3 Å². The van der Waals surface area contributed by atoms with Gasteiger partial charge in [0.15, 0.2) is 11.5 Å². The third-order valence-corrected chi connectivity index (χ3v) is 6.06. The molecule has 8 heteroatoms. The lowest BCUT2D eigenvalue weighted by atomic mass is 9.92. The molecule has 2 aromatic carbocycles. The Kier molecular flexibility index (Phi) is 6.43. The number of benzene rings is 2. The Hall–Kier alpha value is -2.64. The number of aromatic nitrogens is 2. The maximum Gasteiger partial charge on any atom is 0.162 e. The first-order chi connectivity index (χ1) is 14.9. The van der Waals surface area contributed by atoms with Crippen LogP contribution < -0.4 is 14.8 Å². The van der Waals surface area contributed by atoms with E-state index >= 15 is 0 Å². The summed E-state index contributed by atoms with van der Waals surface area (Å²) in [5, 5.41) is 4.02. The van der Waals surface area contributed by atoms with Crippen LogP contribution in [0.5, 0.6) is 11.5 Å². The van der Waals surface area contributed by atoms with Crippen molar-refractivity contribution in [1.29, 1.82) is 0 Å². The molecule has 1 heterocycles. The molecule has 0 radical (unpaired) electrons. The maximum atomic E-state index is 13.5. The average Bonchev–Trinajstić information content (AvgIpc) is 2.76. The van der Waals surface area contributed by atoms with Crippen molar-refractivity contribution in [2.45, 2.75) is 37.8 Å². The maximum absolute atomic E-state index is 13.5. The van der Waals surface area contributed by atoms with Gasteiger partial charge in [-0.15, -0.1) is 0 Å². The molecule has 164 valence electrons. The van der Waals surface area contributed by atoms with Crippen molar-refractivity contribution in [1.82, 2.24) is 14.9 Å². The molecule has 31 heavy (non-hydrogen) atoms. The van der Waals surface area contributed by atoms with Crippen molar-refractivity contribution >= 4 is 34.0 Å². The van der Waals surface area contributed by atoms with E-state index < -0.39 is 5.82 Å². The van der Waals surface area contributed by atoms with Crippen molar-refractivity contribution in [2.24, 2.45) is 0 Å². The number of halogens is 2. The number of nitrogens with one attached hydrogen (secondary N) is 1. The Morgan fingerprint density at radius 2 is 1.84 bits per heavy atom. The van der Waals surface area contributed by atoms with E-state index in [1.807, 2.05) is 12.1 Å². The zero-order chi connectivity index (χ0) is 22.0. The molecule has 4 rings (SSSR count). The van der Waals surface area contributed by atoms with Crippen LogP contribution in [-0.2, 0) is 0 Å². The lowest BCUT2D eigenvalue weighted by Gasteiger charge is -2.33. The van der Waals surface area contributed by atoms with Gasteiger partial charge in [-0.2, -0.15) is 0 Å². The van der Waals surface area contributed by atoms with Crippen molar-refractivity contribution in [3.8, 4) is 11.5 Å². The van der Waals surface area contributed by atoms with Crippen molar-refractivity contribution in [2.75, 3.05) is 26.5 Å². The fourth-order valence-corrected chi connectivity index (χ4v) is 4.17. The van der Waals surface area contributed by atoms with Crippen LogP contribution in [-0.4, -0.2) is 48.2 Å². The zero-order valence-corrected chi connectivity index (χ0v) is 18.6. The third-order valence-electron chi connectivity index (χ3n) is 5.77. The molecule has 1 aromatic heterocycles. The summed E-state index contributed by atoms with van der Waals surface area (Å²) in [5.41, 5.74) is 1.35. The van der Waals surface area contributed by atoms with Gasteiger partial charge in [0, 0.05) is 23.2 Å². The van der Waals surface area contributed by atoms with E-state index in [1.165, 1.54) is 18.5 Å². The van der Waals surface area contributed by atoms with Gasteiger partial charge < -0.3 is 19.7 Å². The Balaban J connectivity index is 1.62. The lowest BCUT2D eigenvalue weighted by Crippen LogP contribution is -2.35. The minimum Gasteiger partial charge on any atom is -0.493 e. The summed E-state index contributed by atoms with van der Waals surface area (Å²) in [6.07, 6.45) is 5.81. The molecule has 0 unspecified atom stereocenters. The van der Waals surface area contributed by atoms with Crippen LogP contribution in [0.15, 0.2) is 36.7 Å². The molecule has 3 aromatic rings. The molecule has 0 spiro atoms. The summed E-state index contributed by atoms with van der Waals surface area (Å²) in [7, 11) is 5.87. The summed E-state index contributed by atoms with van der Waals surface area (Å²) in [6, 6.07) is 8.80. The topological polar surface area (TPSA) is 59.5 Å². The Bertz CT molecular complexity index is 1070. The number of ether oxygens (including phenoxy) is 2. The second-order valence-corrected chi connectivity index (χ2v) is 8.42. The van der Waals surface area contributed by atoms with Crippen LogP contribution >= 0.6 is 11.6 Å². The summed E-state index contributed by atoms with van der Waals surface area (Å²) in [6.45, 7) is 0. The van der Waals surface area contributed by atoms with Gasteiger partial charge in [0.25, 0.3) is 0 Å². The molecule has 1 fully saturated rings. The van der Waals surface area contributed by atoms with E-state index in [4.69, 9.17) is 21.1 Å². The van der Waals surface area contributed by atoms with Crippen LogP contribution in [0.1, 0.15) is 25.7 Å². The molecule has 0 saturated heterocycles. The van der Waals surface area contributed by atoms with Gasteiger partial charge >= 0.3 is 0 Å². The quantitative estimate of drug-likeness (QED) is 0.547. The highest BCUT2D eigenvalue weighted by Gasteiger charge is 2.25. The number of hydrogen-bond donors (Lipinski definition) is 1. The van der Waals surface area contributed by atoms with Gasteiger partial charge in [-0.25, -0.2) is 14.4 Å². The van der Waals surface area contributed by atoms with E-state index in [1.54, 1.807) is 13.2 Å². The van der Waals surface area contributed by atoms with E-state index in [0.29, 0.717) is 34.6 Å². The molecule has 1 aliphatic rings. The van der Waals surface area contributed by atoms with Crippen LogP contribution in [0, 0.1) is 5.82 Å². The molecule has 0 amide bonds. The van der Waals surface area contributed by atoms with Crippen LogP contribution in [0.4, 0.5) is 15.9 Å². The van der Waals surface area contributed by atoms with Gasteiger partial charge in [-0.05, 0) is 64.0 Å². The number of nitrogens with zero attached hydrogens (tertiary/aromatic N) is 3. The molecular formula is C23H26ClFN4O2. The minimum atomic E-state index is -0.468. The minimum absolute atomic E-state index is 0.0439. The smallest absolute Gasteiger partial charge is 0.162 e. The molecule has 0 bridgehead atoms. The summed E-state index contributed by atoms with van der Waals surface area (Å²) < 4.78 is 25.4. The number of fused-ring (bicyclic) bond motifs is 1.